The van der Waals surface area contributed by atoms with Gasteiger partial charge in [0.15, 0.2) is 0 Å². The lowest BCUT2D eigenvalue weighted by molar-refractivity contribution is 0.442. The minimum Gasteiger partial charge on any atom is -0.355 e. The monoisotopic (exact) mass is 931 g/mol. The zero-order valence-corrected chi connectivity index (χ0v) is 44.4. The van der Waals surface area contributed by atoms with E-state index in [2.05, 4.69) is 175 Å². The van der Waals surface area contributed by atoms with Gasteiger partial charge in [-0.25, -0.2) is 0 Å². The Balaban J connectivity index is 0.923. The largest absolute Gasteiger partial charge is 0.355 e. The molecule has 0 bridgehead atoms. The molecule has 4 heteroatoms. The molecule has 4 aliphatic rings. The van der Waals surface area contributed by atoms with Gasteiger partial charge in [-0.1, -0.05) is 206 Å². The zero-order chi connectivity index (χ0) is 48.8. The first-order chi connectivity index (χ1) is 33.7. The van der Waals surface area contributed by atoms with Crippen LogP contribution in [0.4, 0.5) is 45.5 Å². The number of unbranched alkanes of at least 4 members (excludes halogenated alkanes) is 10. The number of fused-ring (bicyclic) bond motifs is 8. The second kappa shape index (κ2) is 19.6. The van der Waals surface area contributed by atoms with E-state index in [4.69, 9.17) is 0 Å². The summed E-state index contributed by atoms with van der Waals surface area (Å²) in [6.45, 7) is 21.3. The van der Waals surface area contributed by atoms with Crippen molar-refractivity contribution in [1.82, 2.24) is 0 Å². The molecule has 0 amide bonds. The summed E-state index contributed by atoms with van der Waals surface area (Å²) in [6.07, 6.45) is 22.3. The molecule has 4 heterocycles. The minimum atomic E-state index is 0.0779. The SMILES string of the molecule is CCCCCCCCC(C)(C)c1ccc2c(c1)Cc1cc3c(cc1N2)Nc1c(cc2c(c1-c1ccc(C(C)(C)C)cc1)Nc1cc4c(cc1C2)Cc1cc(C(C)(C)CCCCCCCC)ccc1N4)C3. The third kappa shape index (κ3) is 9.91. The van der Waals surface area contributed by atoms with Gasteiger partial charge >= 0.3 is 0 Å². The van der Waals surface area contributed by atoms with Gasteiger partial charge in [-0.05, 0) is 120 Å². The van der Waals surface area contributed by atoms with Crippen LogP contribution in [0.3, 0.4) is 0 Å². The predicted octanol–water partition coefficient (Wildman–Crippen LogP) is 19.3. The topological polar surface area (TPSA) is 48.1 Å². The van der Waals surface area contributed by atoms with Crippen LogP contribution in [-0.2, 0) is 41.9 Å². The van der Waals surface area contributed by atoms with Gasteiger partial charge in [0.2, 0.25) is 0 Å². The van der Waals surface area contributed by atoms with Crippen LogP contribution >= 0.6 is 0 Å². The van der Waals surface area contributed by atoms with Gasteiger partial charge in [-0.15, -0.1) is 0 Å². The molecule has 4 N–H and O–H groups in total. The number of benzene rings is 6. The van der Waals surface area contributed by atoms with E-state index in [9.17, 15) is 0 Å². The molecule has 0 unspecified atom stereocenters. The first-order valence-electron chi connectivity index (χ1n) is 27.6. The maximum atomic E-state index is 4.07. The molecule has 0 fully saturated rings. The highest BCUT2D eigenvalue weighted by Gasteiger charge is 2.31. The van der Waals surface area contributed by atoms with Crippen LogP contribution in [0.5, 0.6) is 0 Å². The van der Waals surface area contributed by atoms with Crippen LogP contribution in [0.25, 0.3) is 11.1 Å². The summed E-state index contributed by atoms with van der Waals surface area (Å²) in [5.74, 6) is 0. The Morgan fingerprint density at radius 3 is 1.13 bits per heavy atom. The predicted molar refractivity (Wildman–Crippen MR) is 303 cm³/mol. The Morgan fingerprint density at radius 2 is 0.700 bits per heavy atom. The van der Waals surface area contributed by atoms with Gasteiger partial charge in [-0.2, -0.15) is 0 Å². The molecule has 0 atom stereocenters. The van der Waals surface area contributed by atoms with Gasteiger partial charge < -0.3 is 21.3 Å². The molecule has 0 spiro atoms. The van der Waals surface area contributed by atoms with Crippen molar-refractivity contribution in [2.45, 2.75) is 194 Å². The Morgan fingerprint density at radius 1 is 0.343 bits per heavy atom. The molecule has 4 nitrogen and oxygen atoms in total. The molecule has 6 aromatic carbocycles. The molecule has 0 radical (unpaired) electrons. The maximum Gasteiger partial charge on any atom is 0.0521 e. The second-order valence-electron chi connectivity index (χ2n) is 24.2. The van der Waals surface area contributed by atoms with Gasteiger partial charge in [-0.3, -0.25) is 0 Å². The minimum absolute atomic E-state index is 0.0779. The van der Waals surface area contributed by atoms with E-state index < -0.39 is 0 Å². The smallest absolute Gasteiger partial charge is 0.0521 e. The van der Waals surface area contributed by atoms with Crippen molar-refractivity contribution in [1.29, 1.82) is 0 Å². The lowest BCUT2D eigenvalue weighted by Crippen LogP contribution is -2.19. The van der Waals surface area contributed by atoms with Gasteiger partial charge in [0, 0.05) is 65.4 Å². The van der Waals surface area contributed by atoms with E-state index in [1.54, 1.807) is 0 Å². The highest BCUT2D eigenvalue weighted by atomic mass is 15.0. The van der Waals surface area contributed by atoms with E-state index >= 15 is 0 Å². The fourth-order valence-corrected chi connectivity index (χ4v) is 12.2. The van der Waals surface area contributed by atoms with Crippen LogP contribution in [0.1, 0.15) is 213 Å². The van der Waals surface area contributed by atoms with Crippen LogP contribution in [0.15, 0.2) is 91.0 Å². The molecular weight excluding hydrogens is 849 g/mol. The second-order valence-corrected chi connectivity index (χ2v) is 24.2. The highest BCUT2D eigenvalue weighted by molar-refractivity contribution is 5.99. The number of nitrogens with one attached hydrogen (secondary N) is 4. The van der Waals surface area contributed by atoms with Crippen LogP contribution in [-0.4, -0.2) is 0 Å². The number of rotatable bonds is 17. The van der Waals surface area contributed by atoms with Crippen molar-refractivity contribution in [3.05, 3.63) is 152 Å². The standard InChI is InChI=1S/C66H82N4/c1-10-12-14-16-18-20-30-65(6,7)53-26-28-55-48(39-53)34-44-32-46-36-50-38-51-37-47-33-45-35-49-40-54(66(8,9)31-21-19-17-15-13-11-2)27-29-56(49)68-58(45)42-60(47)70-63(51)61(62(50)69-59(46)41-57(44)67-55)43-22-24-52(25-23-43)64(3,4)5/h22-29,32-33,38-42,67-70H,10-21,30-31,34-37H2,1-9H3. The Hall–Kier alpha value is -5.48. The van der Waals surface area contributed by atoms with E-state index in [0.29, 0.717) is 0 Å². The quantitative estimate of drug-likeness (QED) is 0.0687. The maximum absolute atomic E-state index is 4.07. The molecule has 4 aliphatic heterocycles. The van der Waals surface area contributed by atoms with Gasteiger partial charge in [0.1, 0.15) is 0 Å². The average molecular weight is 931 g/mol. The van der Waals surface area contributed by atoms with Crippen molar-refractivity contribution in [3.8, 4) is 11.1 Å². The normalized spacial score (nSPS) is 14.2. The molecule has 0 saturated carbocycles. The summed E-state index contributed by atoms with van der Waals surface area (Å²) in [5, 5.41) is 15.9. The Bertz CT molecular complexity index is 2720. The third-order valence-electron chi connectivity index (χ3n) is 16.9. The fourth-order valence-electron chi connectivity index (χ4n) is 12.2. The molecule has 70 heavy (non-hydrogen) atoms. The molecular formula is C66H82N4. The van der Waals surface area contributed by atoms with E-state index in [1.807, 2.05) is 0 Å². The molecule has 0 aromatic heterocycles. The summed E-state index contributed by atoms with van der Waals surface area (Å²) < 4.78 is 0. The van der Waals surface area contributed by atoms with E-state index in [1.165, 1.54) is 208 Å². The summed E-state index contributed by atoms with van der Waals surface area (Å²) in [5.41, 5.74) is 28.1. The lowest BCUT2D eigenvalue weighted by Gasteiger charge is -2.33. The molecule has 0 aliphatic carbocycles. The van der Waals surface area contributed by atoms with Crippen LogP contribution in [0, 0.1) is 0 Å². The fraction of sp³-hybridized carbons (Fsp3) is 0.455. The summed E-state index contributed by atoms with van der Waals surface area (Å²) in [6, 6.07) is 36.1. The molecule has 366 valence electrons. The van der Waals surface area contributed by atoms with Crippen LogP contribution < -0.4 is 21.3 Å². The number of hydrogen-bond donors (Lipinski definition) is 4. The molecule has 6 aromatic rings. The average Bonchev–Trinajstić information content (AvgIpc) is 3.33. The zero-order valence-electron chi connectivity index (χ0n) is 44.4. The Kier molecular flexibility index (Phi) is 13.5. The number of anilines is 8. The van der Waals surface area contributed by atoms with Crippen molar-refractivity contribution in [2.75, 3.05) is 21.3 Å². The summed E-state index contributed by atoms with van der Waals surface area (Å²) in [7, 11) is 0. The summed E-state index contributed by atoms with van der Waals surface area (Å²) >= 11 is 0. The third-order valence-corrected chi connectivity index (χ3v) is 16.9. The highest BCUT2D eigenvalue weighted by Crippen LogP contribution is 2.52. The van der Waals surface area contributed by atoms with Crippen molar-refractivity contribution in [3.63, 3.8) is 0 Å². The molecule has 0 saturated heterocycles. The van der Waals surface area contributed by atoms with Gasteiger partial charge in [0.05, 0.1) is 11.4 Å². The number of hydrogen-bond acceptors (Lipinski definition) is 4. The van der Waals surface area contributed by atoms with Crippen molar-refractivity contribution >= 4 is 45.5 Å². The lowest BCUT2D eigenvalue weighted by atomic mass is 9.78. The Labute approximate surface area is 422 Å². The summed E-state index contributed by atoms with van der Waals surface area (Å²) in [4.78, 5) is 0. The van der Waals surface area contributed by atoms with Gasteiger partial charge in [0.25, 0.3) is 0 Å². The molecule has 10 rings (SSSR count). The van der Waals surface area contributed by atoms with Crippen LogP contribution in [0.2, 0.25) is 0 Å². The van der Waals surface area contributed by atoms with Crippen molar-refractivity contribution in [2.24, 2.45) is 0 Å². The van der Waals surface area contributed by atoms with E-state index in [0.717, 1.165) is 25.7 Å². The first kappa shape index (κ1) is 48.2. The van der Waals surface area contributed by atoms with E-state index in [-0.39, 0.29) is 16.2 Å². The van der Waals surface area contributed by atoms with Crippen molar-refractivity contribution < 1.29 is 0 Å². The first-order valence-corrected chi connectivity index (χ1v) is 27.6.